The van der Waals surface area contributed by atoms with Crippen molar-refractivity contribution < 1.29 is 9.90 Å². The number of amides is 1. The summed E-state index contributed by atoms with van der Waals surface area (Å²) < 4.78 is 0. The molecule has 0 spiro atoms. The van der Waals surface area contributed by atoms with E-state index < -0.39 is 0 Å². The molecule has 4 nitrogen and oxygen atoms in total. The number of aliphatic hydroxyl groups excluding tert-OH is 1. The first-order valence-electron chi connectivity index (χ1n) is 8.47. The van der Waals surface area contributed by atoms with Crippen molar-refractivity contribution in [1.29, 1.82) is 0 Å². The van der Waals surface area contributed by atoms with E-state index in [-0.39, 0.29) is 24.0 Å². The van der Waals surface area contributed by atoms with Crippen LogP contribution in [0.5, 0.6) is 0 Å². The summed E-state index contributed by atoms with van der Waals surface area (Å²) in [6, 6.07) is 7.86. The van der Waals surface area contributed by atoms with Gasteiger partial charge in [-0.25, -0.2) is 0 Å². The molecule has 1 saturated carbocycles. The van der Waals surface area contributed by atoms with Crippen molar-refractivity contribution in [2.24, 2.45) is 5.41 Å². The fourth-order valence-electron chi connectivity index (χ4n) is 3.78. The Morgan fingerprint density at radius 3 is 2.43 bits per heavy atom. The summed E-state index contributed by atoms with van der Waals surface area (Å²) in [5, 5.41) is 9.80. The summed E-state index contributed by atoms with van der Waals surface area (Å²) in [6.07, 6.45) is 4.32. The van der Waals surface area contributed by atoms with Crippen LogP contribution in [0, 0.1) is 12.3 Å². The predicted octanol–water partition coefficient (Wildman–Crippen LogP) is 2.61. The van der Waals surface area contributed by atoms with Gasteiger partial charge in [-0.1, -0.05) is 42.7 Å². The lowest BCUT2D eigenvalue weighted by atomic mass is 9.86. The van der Waals surface area contributed by atoms with Crippen LogP contribution in [0.4, 0.5) is 0 Å². The highest BCUT2D eigenvalue weighted by atomic mass is 16.3. The van der Waals surface area contributed by atoms with Crippen LogP contribution in [0.1, 0.15) is 42.9 Å². The Morgan fingerprint density at radius 1 is 1.26 bits per heavy atom. The normalized spacial score (nSPS) is 18.2. The molecule has 128 valence electrons. The van der Waals surface area contributed by atoms with Gasteiger partial charge in [0.15, 0.2) is 0 Å². The number of aryl methyl sites for hydroxylation is 1. The molecule has 1 atom stereocenters. The van der Waals surface area contributed by atoms with Crippen LogP contribution in [0.25, 0.3) is 0 Å². The highest BCUT2D eigenvalue weighted by molar-refractivity contribution is 5.83. The van der Waals surface area contributed by atoms with Crippen molar-refractivity contribution in [2.75, 3.05) is 34.3 Å². The van der Waals surface area contributed by atoms with Crippen molar-refractivity contribution in [2.45, 2.75) is 38.6 Å². The van der Waals surface area contributed by atoms with Crippen LogP contribution in [-0.4, -0.2) is 55.1 Å². The van der Waals surface area contributed by atoms with Crippen molar-refractivity contribution >= 4 is 5.91 Å². The van der Waals surface area contributed by atoms with E-state index in [1.54, 1.807) is 0 Å². The van der Waals surface area contributed by atoms with E-state index in [2.05, 4.69) is 6.07 Å². The minimum Gasteiger partial charge on any atom is -0.396 e. The van der Waals surface area contributed by atoms with Crippen LogP contribution >= 0.6 is 0 Å². The summed E-state index contributed by atoms with van der Waals surface area (Å²) >= 11 is 0. The summed E-state index contributed by atoms with van der Waals surface area (Å²) in [5.74, 6) is 0.0975. The van der Waals surface area contributed by atoms with Gasteiger partial charge in [-0.05, 0) is 39.4 Å². The molecule has 23 heavy (non-hydrogen) atoms. The maximum atomic E-state index is 13.0. The SMILES string of the molecule is Cc1cccc(C(C(=O)N(C)CC2(CO)CCCC2)N(C)C)c1. The van der Waals surface area contributed by atoms with E-state index in [1.807, 2.05) is 56.1 Å². The van der Waals surface area contributed by atoms with Crippen LogP contribution in [-0.2, 0) is 4.79 Å². The molecule has 1 aromatic rings. The number of rotatable bonds is 6. The van der Waals surface area contributed by atoms with Crippen molar-refractivity contribution in [3.63, 3.8) is 0 Å². The number of likely N-dealkylation sites (N-methyl/N-ethyl adjacent to an activating group) is 2. The lowest BCUT2D eigenvalue weighted by molar-refractivity contribution is -0.137. The standard InChI is InChI=1S/C19H30N2O2/c1-15-8-7-9-16(12-15)17(20(2)3)18(23)21(4)13-19(14-22)10-5-6-11-19/h7-9,12,17,22H,5-6,10-11,13-14H2,1-4H3. The number of aliphatic hydroxyl groups is 1. The Labute approximate surface area is 140 Å². The smallest absolute Gasteiger partial charge is 0.244 e. The predicted molar refractivity (Wildman–Crippen MR) is 93.2 cm³/mol. The summed E-state index contributed by atoms with van der Waals surface area (Å²) in [7, 11) is 5.75. The zero-order valence-corrected chi connectivity index (χ0v) is 14.9. The average molecular weight is 318 g/mol. The fourth-order valence-corrected chi connectivity index (χ4v) is 3.78. The number of nitrogens with zero attached hydrogens (tertiary/aromatic N) is 2. The monoisotopic (exact) mass is 318 g/mol. The third-order valence-corrected chi connectivity index (χ3v) is 5.06. The van der Waals surface area contributed by atoms with Gasteiger partial charge in [0.1, 0.15) is 6.04 Å². The molecule has 1 N–H and O–H groups in total. The van der Waals surface area contributed by atoms with Gasteiger partial charge >= 0.3 is 0 Å². The molecular formula is C19H30N2O2. The lowest BCUT2D eigenvalue weighted by Crippen LogP contribution is -2.44. The molecule has 0 saturated heterocycles. The van der Waals surface area contributed by atoms with Crippen molar-refractivity contribution in [3.05, 3.63) is 35.4 Å². The van der Waals surface area contributed by atoms with E-state index in [0.717, 1.165) is 36.8 Å². The quantitative estimate of drug-likeness (QED) is 0.877. The molecule has 0 bridgehead atoms. The zero-order valence-electron chi connectivity index (χ0n) is 14.9. The lowest BCUT2D eigenvalue weighted by Gasteiger charge is -2.35. The molecule has 1 aliphatic carbocycles. The molecule has 1 amide bonds. The third-order valence-electron chi connectivity index (χ3n) is 5.06. The number of hydrogen-bond acceptors (Lipinski definition) is 3. The van der Waals surface area contributed by atoms with Crippen molar-refractivity contribution in [1.82, 2.24) is 9.80 Å². The van der Waals surface area contributed by atoms with E-state index in [9.17, 15) is 9.90 Å². The van der Waals surface area contributed by atoms with Crippen LogP contribution in [0.3, 0.4) is 0 Å². The van der Waals surface area contributed by atoms with Crippen molar-refractivity contribution in [3.8, 4) is 0 Å². The molecule has 0 aromatic heterocycles. The van der Waals surface area contributed by atoms with Gasteiger partial charge in [-0.15, -0.1) is 0 Å². The molecule has 1 unspecified atom stereocenters. The van der Waals surface area contributed by atoms with E-state index in [1.165, 1.54) is 0 Å². The molecular weight excluding hydrogens is 288 g/mol. The van der Waals surface area contributed by atoms with Crippen LogP contribution in [0.15, 0.2) is 24.3 Å². The molecule has 4 heteroatoms. The molecule has 0 radical (unpaired) electrons. The Balaban J connectivity index is 2.17. The second-order valence-corrected chi connectivity index (χ2v) is 7.34. The summed E-state index contributed by atoms with van der Waals surface area (Å²) in [6.45, 7) is 2.85. The zero-order chi connectivity index (χ0) is 17.0. The van der Waals surface area contributed by atoms with Gasteiger partial charge in [0.2, 0.25) is 5.91 Å². The summed E-state index contributed by atoms with van der Waals surface area (Å²) in [4.78, 5) is 16.8. The van der Waals surface area contributed by atoms with E-state index in [4.69, 9.17) is 0 Å². The number of carbonyl (C=O) groups excluding carboxylic acids is 1. The minimum absolute atomic E-state index is 0.0975. The molecule has 1 aliphatic rings. The number of carbonyl (C=O) groups is 1. The van der Waals surface area contributed by atoms with Gasteiger partial charge in [-0.2, -0.15) is 0 Å². The molecule has 0 heterocycles. The first-order valence-corrected chi connectivity index (χ1v) is 8.47. The maximum absolute atomic E-state index is 13.0. The average Bonchev–Trinajstić information content (AvgIpc) is 2.96. The van der Waals surface area contributed by atoms with E-state index >= 15 is 0 Å². The topological polar surface area (TPSA) is 43.8 Å². The minimum atomic E-state index is -0.281. The Kier molecular flexibility index (Phi) is 5.82. The van der Waals surface area contributed by atoms with Crippen LogP contribution < -0.4 is 0 Å². The number of benzene rings is 1. The molecule has 1 fully saturated rings. The third kappa shape index (κ3) is 4.12. The largest absolute Gasteiger partial charge is 0.396 e. The number of hydrogen-bond donors (Lipinski definition) is 1. The van der Waals surface area contributed by atoms with Crippen LogP contribution in [0.2, 0.25) is 0 Å². The summed E-state index contributed by atoms with van der Waals surface area (Å²) in [5.41, 5.74) is 2.08. The first kappa shape index (κ1) is 18.0. The maximum Gasteiger partial charge on any atom is 0.244 e. The Bertz CT molecular complexity index is 536. The van der Waals surface area contributed by atoms with Gasteiger partial charge < -0.3 is 10.0 Å². The highest BCUT2D eigenvalue weighted by Crippen LogP contribution is 2.38. The first-order chi connectivity index (χ1) is 10.9. The molecule has 0 aliphatic heterocycles. The van der Waals surface area contributed by atoms with Gasteiger partial charge in [-0.3, -0.25) is 9.69 Å². The fraction of sp³-hybridized carbons (Fsp3) is 0.632. The van der Waals surface area contributed by atoms with E-state index in [0.29, 0.717) is 6.54 Å². The molecule has 1 aromatic carbocycles. The highest BCUT2D eigenvalue weighted by Gasteiger charge is 2.37. The van der Waals surface area contributed by atoms with Gasteiger partial charge in [0.25, 0.3) is 0 Å². The molecule has 2 rings (SSSR count). The van der Waals surface area contributed by atoms with Gasteiger partial charge in [0, 0.05) is 19.0 Å². The Morgan fingerprint density at radius 2 is 1.91 bits per heavy atom. The second kappa shape index (κ2) is 7.45. The Hall–Kier alpha value is -1.39. The second-order valence-electron chi connectivity index (χ2n) is 7.34. The van der Waals surface area contributed by atoms with Gasteiger partial charge in [0.05, 0.1) is 6.61 Å².